The minimum atomic E-state index is -0.169. The Kier molecular flexibility index (Phi) is 8.88. The van der Waals surface area contributed by atoms with Crippen molar-refractivity contribution in [3.8, 4) is 28.7 Å². The number of nitriles is 1. The summed E-state index contributed by atoms with van der Waals surface area (Å²) in [4.78, 5) is 4.12. The molecule has 8 heteroatoms. The first-order valence-electron chi connectivity index (χ1n) is 13.1. The van der Waals surface area contributed by atoms with Crippen molar-refractivity contribution < 1.29 is 14.6 Å². The fourth-order valence-corrected chi connectivity index (χ4v) is 5.37. The van der Waals surface area contributed by atoms with Crippen LogP contribution in [0.1, 0.15) is 47.3 Å². The van der Waals surface area contributed by atoms with Gasteiger partial charge in [-0.15, -0.1) is 0 Å². The van der Waals surface area contributed by atoms with Gasteiger partial charge in [0.2, 0.25) is 0 Å². The standard InChI is InChI=1S/C32H29Cl2N3O3/c1-20(18-38)37-17-23-12-29(34)32(13-31(23)39-19-22-11-21(14-35)15-36-16-22)40-30-10-9-25-24(6-4-7-27(25)30)26-5-2-3-8-28(26)33/h2-8,11-13,15-16,20,30,37-38H,9-10,17-19H2,1H3/t20-,30+/m1/s1. The van der Waals surface area contributed by atoms with Gasteiger partial charge in [-0.2, -0.15) is 5.26 Å². The highest BCUT2D eigenvalue weighted by Crippen LogP contribution is 2.43. The van der Waals surface area contributed by atoms with Gasteiger partial charge in [-0.05, 0) is 54.7 Å². The van der Waals surface area contributed by atoms with Gasteiger partial charge in [0.25, 0.3) is 0 Å². The molecular formula is C32H29Cl2N3O3. The molecule has 0 spiro atoms. The van der Waals surface area contributed by atoms with Gasteiger partial charge in [-0.25, -0.2) is 0 Å². The lowest BCUT2D eigenvalue weighted by molar-refractivity contribution is 0.205. The Hall–Kier alpha value is -3.60. The summed E-state index contributed by atoms with van der Waals surface area (Å²) in [5.74, 6) is 1.13. The van der Waals surface area contributed by atoms with E-state index in [-0.39, 0.29) is 25.4 Å². The third kappa shape index (κ3) is 6.24. The molecule has 0 saturated heterocycles. The number of aliphatic hydroxyl groups excluding tert-OH is 1. The normalized spacial score (nSPS) is 14.8. The Balaban J connectivity index is 1.42. The second kappa shape index (κ2) is 12.7. The molecule has 2 atom stereocenters. The van der Waals surface area contributed by atoms with Crippen molar-refractivity contribution in [2.45, 2.75) is 45.1 Å². The maximum absolute atomic E-state index is 9.45. The van der Waals surface area contributed by atoms with Gasteiger partial charge in [0.15, 0.2) is 0 Å². The van der Waals surface area contributed by atoms with Crippen molar-refractivity contribution in [2.24, 2.45) is 0 Å². The zero-order chi connectivity index (χ0) is 28.1. The Morgan fingerprint density at radius 2 is 1.88 bits per heavy atom. The molecule has 40 heavy (non-hydrogen) atoms. The topological polar surface area (TPSA) is 87.4 Å². The summed E-state index contributed by atoms with van der Waals surface area (Å²) in [6.07, 6.45) is 4.70. The monoisotopic (exact) mass is 573 g/mol. The average Bonchev–Trinajstić information content (AvgIpc) is 3.39. The molecule has 0 fully saturated rings. The molecule has 3 aromatic carbocycles. The minimum absolute atomic E-state index is 0.00894. The number of nitrogens with one attached hydrogen (secondary N) is 1. The van der Waals surface area contributed by atoms with Crippen LogP contribution in [0.2, 0.25) is 10.0 Å². The van der Waals surface area contributed by atoms with Crippen LogP contribution in [0.25, 0.3) is 11.1 Å². The summed E-state index contributed by atoms with van der Waals surface area (Å²) in [5.41, 5.74) is 6.56. The number of aromatic nitrogens is 1. The predicted molar refractivity (Wildman–Crippen MR) is 157 cm³/mol. The number of hydrogen-bond donors (Lipinski definition) is 2. The number of hydrogen-bond acceptors (Lipinski definition) is 6. The zero-order valence-electron chi connectivity index (χ0n) is 22.0. The van der Waals surface area contributed by atoms with Crippen LogP contribution in [0.4, 0.5) is 0 Å². The lowest BCUT2D eigenvalue weighted by Crippen LogP contribution is -2.28. The molecule has 0 saturated carbocycles. The molecule has 0 aliphatic heterocycles. The third-order valence-corrected chi connectivity index (χ3v) is 7.62. The summed E-state index contributed by atoms with van der Waals surface area (Å²) in [7, 11) is 0. The van der Waals surface area contributed by atoms with E-state index >= 15 is 0 Å². The number of ether oxygens (including phenoxy) is 2. The van der Waals surface area contributed by atoms with E-state index in [0.29, 0.717) is 28.6 Å². The number of benzene rings is 3. The van der Waals surface area contributed by atoms with E-state index < -0.39 is 0 Å². The first kappa shape index (κ1) is 27.9. The number of halogens is 2. The molecular weight excluding hydrogens is 545 g/mol. The molecule has 2 N–H and O–H groups in total. The van der Waals surface area contributed by atoms with Crippen molar-refractivity contribution in [2.75, 3.05) is 6.61 Å². The second-order valence-electron chi connectivity index (χ2n) is 9.84. The summed E-state index contributed by atoms with van der Waals surface area (Å²) in [6, 6.07) is 21.5. The lowest BCUT2D eigenvalue weighted by Gasteiger charge is -2.20. The van der Waals surface area contributed by atoms with Crippen LogP contribution in [0, 0.1) is 11.3 Å². The molecule has 1 aliphatic rings. The molecule has 0 amide bonds. The van der Waals surface area contributed by atoms with Gasteiger partial charge in [0.05, 0.1) is 17.2 Å². The highest BCUT2D eigenvalue weighted by molar-refractivity contribution is 6.33. The first-order chi connectivity index (χ1) is 19.5. The highest BCUT2D eigenvalue weighted by atomic mass is 35.5. The minimum Gasteiger partial charge on any atom is -0.488 e. The SMILES string of the molecule is C[C@H](CO)NCc1cc(Cl)c(O[C@H]2CCc3c(-c4ccccc4Cl)cccc32)cc1OCc1cncc(C#N)c1. The Morgan fingerprint density at radius 3 is 2.67 bits per heavy atom. The maximum atomic E-state index is 9.45. The molecule has 1 heterocycles. The maximum Gasteiger partial charge on any atom is 0.142 e. The summed E-state index contributed by atoms with van der Waals surface area (Å²) in [5, 5.41) is 23.1. The van der Waals surface area contributed by atoms with Gasteiger partial charge >= 0.3 is 0 Å². The number of rotatable bonds is 10. The smallest absolute Gasteiger partial charge is 0.142 e. The summed E-state index contributed by atoms with van der Waals surface area (Å²) in [6.45, 7) is 2.57. The quantitative estimate of drug-likeness (QED) is 0.211. The van der Waals surface area contributed by atoms with Crippen molar-refractivity contribution in [1.82, 2.24) is 10.3 Å². The van der Waals surface area contributed by atoms with Crippen molar-refractivity contribution in [3.05, 3.63) is 111 Å². The molecule has 4 aromatic rings. The van der Waals surface area contributed by atoms with Crippen LogP contribution < -0.4 is 14.8 Å². The first-order valence-corrected chi connectivity index (χ1v) is 13.9. The van der Waals surface area contributed by atoms with Crippen molar-refractivity contribution in [1.29, 1.82) is 5.26 Å². The van der Waals surface area contributed by atoms with E-state index in [1.807, 2.05) is 49.4 Å². The lowest BCUT2D eigenvalue weighted by atomic mass is 9.96. The molecule has 204 valence electrons. The molecule has 1 aromatic heterocycles. The van der Waals surface area contributed by atoms with Gasteiger partial charge < -0.3 is 19.9 Å². The number of nitrogens with zero attached hydrogens (tertiary/aromatic N) is 2. The largest absolute Gasteiger partial charge is 0.488 e. The fraction of sp³-hybridized carbons (Fsp3) is 0.250. The number of pyridine rings is 1. The van der Waals surface area contributed by atoms with Crippen molar-refractivity contribution >= 4 is 23.2 Å². The summed E-state index contributed by atoms with van der Waals surface area (Å²) < 4.78 is 12.7. The van der Waals surface area contributed by atoms with E-state index in [4.69, 9.17) is 32.7 Å². The average molecular weight is 575 g/mol. The fourth-order valence-electron chi connectivity index (χ4n) is 4.90. The molecule has 0 bridgehead atoms. The Morgan fingerprint density at radius 1 is 1.05 bits per heavy atom. The Labute approximate surface area is 244 Å². The van der Waals surface area contributed by atoms with E-state index in [2.05, 4.69) is 28.5 Å². The number of fused-ring (bicyclic) bond motifs is 1. The van der Waals surface area contributed by atoms with E-state index in [9.17, 15) is 10.4 Å². The van der Waals surface area contributed by atoms with Crippen LogP contribution in [0.3, 0.4) is 0 Å². The summed E-state index contributed by atoms with van der Waals surface area (Å²) >= 11 is 13.3. The third-order valence-electron chi connectivity index (χ3n) is 7.00. The van der Waals surface area contributed by atoms with Crippen LogP contribution >= 0.6 is 23.2 Å². The van der Waals surface area contributed by atoms with E-state index in [0.717, 1.165) is 45.7 Å². The number of aliphatic hydroxyl groups is 1. The van der Waals surface area contributed by atoms with Crippen LogP contribution in [-0.2, 0) is 19.6 Å². The van der Waals surface area contributed by atoms with Gasteiger partial charge in [-0.1, -0.05) is 59.6 Å². The highest BCUT2D eigenvalue weighted by Gasteiger charge is 2.28. The Bertz CT molecular complexity index is 1550. The zero-order valence-corrected chi connectivity index (χ0v) is 23.5. The molecule has 0 radical (unpaired) electrons. The predicted octanol–water partition coefficient (Wildman–Crippen LogP) is 7.04. The van der Waals surface area contributed by atoms with Crippen LogP contribution in [0.5, 0.6) is 11.5 Å². The molecule has 5 rings (SSSR count). The van der Waals surface area contributed by atoms with Crippen LogP contribution in [-0.4, -0.2) is 22.7 Å². The van der Waals surface area contributed by atoms with Gasteiger partial charge in [-0.3, -0.25) is 4.98 Å². The van der Waals surface area contributed by atoms with E-state index in [1.54, 1.807) is 12.3 Å². The van der Waals surface area contributed by atoms with Crippen molar-refractivity contribution in [3.63, 3.8) is 0 Å². The van der Waals surface area contributed by atoms with Gasteiger partial charge in [0, 0.05) is 52.8 Å². The molecule has 0 unspecified atom stereocenters. The molecule has 1 aliphatic carbocycles. The van der Waals surface area contributed by atoms with E-state index in [1.165, 1.54) is 11.8 Å². The molecule has 6 nitrogen and oxygen atoms in total. The van der Waals surface area contributed by atoms with Gasteiger partial charge in [0.1, 0.15) is 30.3 Å². The second-order valence-corrected chi connectivity index (χ2v) is 10.6. The van der Waals surface area contributed by atoms with Crippen LogP contribution in [0.15, 0.2) is 73.1 Å².